The van der Waals surface area contributed by atoms with E-state index in [4.69, 9.17) is 16.6 Å². The number of imide groups is 1. The number of carbonyl (C=O) groups is 2. The Hall–Kier alpha value is -2.55. The van der Waals surface area contributed by atoms with Crippen LogP contribution < -0.4 is 10.6 Å². The van der Waals surface area contributed by atoms with E-state index in [-0.39, 0.29) is 29.1 Å². The number of fused-ring (bicyclic) bond motifs is 2. The van der Waals surface area contributed by atoms with Gasteiger partial charge in [0.25, 0.3) is 0 Å². The van der Waals surface area contributed by atoms with Gasteiger partial charge in [-0.1, -0.05) is 25.4 Å². The third-order valence-corrected chi connectivity index (χ3v) is 8.85. The summed E-state index contributed by atoms with van der Waals surface area (Å²) in [6.07, 6.45) is 2.82. The first-order valence-corrected chi connectivity index (χ1v) is 12.8. The summed E-state index contributed by atoms with van der Waals surface area (Å²) >= 11 is 7.94. The fourth-order valence-corrected chi connectivity index (χ4v) is 6.92. The molecule has 176 valence electrons. The maximum Gasteiger partial charge on any atom is 0.234 e. The number of hydrogen-bond donors (Lipinski definition) is 2. The minimum absolute atomic E-state index is 0.0468. The molecule has 2 amide bonds. The maximum atomic E-state index is 12.8. The number of rotatable bonds is 5. The van der Waals surface area contributed by atoms with Crippen molar-refractivity contribution in [2.45, 2.75) is 39.8 Å². The van der Waals surface area contributed by atoms with Crippen LogP contribution in [-0.4, -0.2) is 45.8 Å². The SMILES string of the molecule is Cc1cc(Cl)nc(-c2ccnc3cc(CN4C(=O)C5C(C4=O)C5(C)C)sc23)c1NC1CCNC1. The molecule has 6 rings (SSSR count). The Morgan fingerprint density at radius 2 is 2.03 bits per heavy atom. The van der Waals surface area contributed by atoms with Crippen LogP contribution in [0.15, 0.2) is 24.4 Å². The van der Waals surface area contributed by atoms with Gasteiger partial charge in [0.2, 0.25) is 11.8 Å². The molecule has 0 bridgehead atoms. The van der Waals surface area contributed by atoms with Gasteiger partial charge < -0.3 is 10.6 Å². The number of pyridine rings is 2. The van der Waals surface area contributed by atoms with Crippen LogP contribution in [0.5, 0.6) is 0 Å². The summed E-state index contributed by atoms with van der Waals surface area (Å²) in [5, 5.41) is 7.50. The minimum Gasteiger partial charge on any atom is -0.379 e. The van der Waals surface area contributed by atoms with E-state index in [9.17, 15) is 9.59 Å². The number of halogens is 1. The summed E-state index contributed by atoms with van der Waals surface area (Å²) in [7, 11) is 0. The number of carbonyl (C=O) groups excluding carboxylic acids is 2. The Bertz CT molecular complexity index is 1320. The summed E-state index contributed by atoms with van der Waals surface area (Å²) in [4.78, 5) is 37.3. The van der Waals surface area contributed by atoms with Crippen LogP contribution >= 0.6 is 22.9 Å². The molecule has 0 aromatic carbocycles. The zero-order valence-corrected chi connectivity index (χ0v) is 20.9. The normalized spacial score (nSPS) is 25.3. The van der Waals surface area contributed by atoms with E-state index in [1.165, 1.54) is 4.90 Å². The summed E-state index contributed by atoms with van der Waals surface area (Å²) in [5.41, 5.74) is 4.40. The molecule has 5 heterocycles. The predicted octanol–water partition coefficient (Wildman–Crippen LogP) is 4.23. The Balaban J connectivity index is 1.36. The lowest BCUT2D eigenvalue weighted by Crippen LogP contribution is -2.35. The van der Waals surface area contributed by atoms with Gasteiger partial charge >= 0.3 is 0 Å². The molecular formula is C25H26ClN5O2S. The lowest BCUT2D eigenvalue weighted by Gasteiger charge is -2.19. The number of piperidine rings is 1. The molecule has 3 aliphatic rings. The highest BCUT2D eigenvalue weighted by atomic mass is 35.5. The van der Waals surface area contributed by atoms with E-state index in [1.54, 1.807) is 17.5 Å². The second kappa shape index (κ2) is 7.73. The van der Waals surface area contributed by atoms with Crippen molar-refractivity contribution in [2.24, 2.45) is 17.3 Å². The van der Waals surface area contributed by atoms with E-state index in [1.807, 2.05) is 39.0 Å². The highest BCUT2D eigenvalue weighted by molar-refractivity contribution is 7.19. The van der Waals surface area contributed by atoms with Crippen molar-refractivity contribution in [1.29, 1.82) is 0 Å². The number of amides is 2. The summed E-state index contributed by atoms with van der Waals surface area (Å²) in [6, 6.07) is 6.15. The van der Waals surface area contributed by atoms with Crippen molar-refractivity contribution in [2.75, 3.05) is 18.4 Å². The van der Waals surface area contributed by atoms with Crippen LogP contribution in [0, 0.1) is 24.2 Å². The largest absolute Gasteiger partial charge is 0.379 e. The Labute approximate surface area is 206 Å². The van der Waals surface area contributed by atoms with Crippen molar-refractivity contribution in [3.05, 3.63) is 40.0 Å². The topological polar surface area (TPSA) is 87.2 Å². The molecule has 0 spiro atoms. The van der Waals surface area contributed by atoms with Crippen LogP contribution in [0.4, 0.5) is 5.69 Å². The Kier molecular flexibility index (Phi) is 4.99. The number of nitrogens with one attached hydrogen (secondary N) is 2. The molecule has 3 fully saturated rings. The maximum absolute atomic E-state index is 12.8. The molecule has 3 atom stereocenters. The smallest absolute Gasteiger partial charge is 0.234 e. The molecule has 2 N–H and O–H groups in total. The lowest BCUT2D eigenvalue weighted by atomic mass is 10.1. The van der Waals surface area contributed by atoms with Gasteiger partial charge in [-0.3, -0.25) is 19.5 Å². The van der Waals surface area contributed by atoms with E-state index < -0.39 is 0 Å². The second-order valence-electron chi connectivity index (χ2n) is 10.1. The van der Waals surface area contributed by atoms with Crippen LogP contribution in [0.3, 0.4) is 0 Å². The number of thiophene rings is 1. The third-order valence-electron chi connectivity index (χ3n) is 7.52. The number of nitrogens with zero attached hydrogens (tertiary/aromatic N) is 3. The highest BCUT2D eigenvalue weighted by Gasteiger charge is 2.72. The molecule has 9 heteroatoms. The number of anilines is 1. The number of aromatic nitrogens is 2. The lowest BCUT2D eigenvalue weighted by molar-refractivity contribution is -0.143. The molecule has 7 nitrogen and oxygen atoms in total. The molecule has 2 aliphatic heterocycles. The second-order valence-corrected chi connectivity index (χ2v) is 11.7. The first-order valence-electron chi connectivity index (χ1n) is 11.6. The zero-order valence-electron chi connectivity index (χ0n) is 19.3. The van der Waals surface area contributed by atoms with Crippen molar-refractivity contribution in [3.63, 3.8) is 0 Å². The van der Waals surface area contributed by atoms with Gasteiger partial charge in [0.05, 0.1) is 40.0 Å². The van der Waals surface area contributed by atoms with Crippen LogP contribution in [-0.2, 0) is 16.1 Å². The Morgan fingerprint density at radius 1 is 1.26 bits per heavy atom. The molecular weight excluding hydrogens is 470 g/mol. The van der Waals surface area contributed by atoms with Gasteiger partial charge in [-0.2, -0.15) is 0 Å². The third kappa shape index (κ3) is 3.34. The average Bonchev–Trinajstić information content (AvgIpc) is 3.24. The highest BCUT2D eigenvalue weighted by Crippen LogP contribution is 2.63. The molecule has 2 saturated heterocycles. The van der Waals surface area contributed by atoms with E-state index in [0.29, 0.717) is 17.7 Å². The first kappa shape index (κ1) is 21.9. The van der Waals surface area contributed by atoms with E-state index >= 15 is 0 Å². The van der Waals surface area contributed by atoms with Crippen molar-refractivity contribution in [1.82, 2.24) is 20.2 Å². The van der Waals surface area contributed by atoms with Gasteiger partial charge in [-0.25, -0.2) is 4.98 Å². The molecule has 1 aliphatic carbocycles. The fraction of sp³-hybridized carbons (Fsp3) is 0.440. The number of hydrogen-bond acceptors (Lipinski definition) is 7. The zero-order chi connectivity index (χ0) is 23.8. The van der Waals surface area contributed by atoms with Crippen molar-refractivity contribution in [3.8, 4) is 11.3 Å². The van der Waals surface area contributed by atoms with Crippen molar-refractivity contribution < 1.29 is 9.59 Å². The number of aryl methyl sites for hydroxylation is 1. The first-order chi connectivity index (χ1) is 16.3. The summed E-state index contributed by atoms with van der Waals surface area (Å²) in [5.74, 6) is -0.426. The minimum atomic E-state index is -0.200. The molecule has 3 unspecified atom stereocenters. The molecule has 1 saturated carbocycles. The van der Waals surface area contributed by atoms with Crippen molar-refractivity contribution >= 4 is 50.7 Å². The number of likely N-dealkylation sites (tertiary alicyclic amines) is 1. The molecule has 3 aromatic rings. The predicted molar refractivity (Wildman–Crippen MR) is 134 cm³/mol. The standard InChI is InChI=1S/C25H26ClN5O2S/c1-12-8-17(26)30-21(20(12)29-13-4-6-27-10-13)15-5-7-28-16-9-14(34-22(15)16)11-31-23(32)18-19(24(31)33)25(18,2)3/h5,7-9,13,18-19,27,29H,4,6,10-11H2,1-3H3. The molecule has 3 aromatic heterocycles. The van der Waals surface area contributed by atoms with Gasteiger partial charge in [0.15, 0.2) is 0 Å². The molecule has 0 radical (unpaired) electrons. The van der Waals surface area contributed by atoms with Gasteiger partial charge in [0, 0.05) is 29.2 Å². The quantitative estimate of drug-likeness (QED) is 0.407. The van der Waals surface area contributed by atoms with E-state index in [2.05, 4.69) is 15.6 Å². The summed E-state index contributed by atoms with van der Waals surface area (Å²) in [6.45, 7) is 8.23. The van der Waals surface area contributed by atoms with Crippen LogP contribution in [0.2, 0.25) is 5.15 Å². The van der Waals surface area contributed by atoms with Gasteiger partial charge in [-0.05, 0) is 49.1 Å². The molecule has 34 heavy (non-hydrogen) atoms. The Morgan fingerprint density at radius 3 is 2.74 bits per heavy atom. The monoisotopic (exact) mass is 495 g/mol. The fourth-order valence-electron chi connectivity index (χ4n) is 5.56. The van der Waals surface area contributed by atoms with Crippen LogP contribution in [0.1, 0.15) is 30.7 Å². The summed E-state index contributed by atoms with van der Waals surface area (Å²) < 4.78 is 0.976. The van der Waals surface area contributed by atoms with E-state index in [0.717, 1.165) is 57.1 Å². The van der Waals surface area contributed by atoms with Crippen LogP contribution in [0.25, 0.3) is 21.5 Å². The average molecular weight is 496 g/mol. The van der Waals surface area contributed by atoms with Gasteiger partial charge in [-0.15, -0.1) is 11.3 Å². The van der Waals surface area contributed by atoms with Gasteiger partial charge in [0.1, 0.15) is 5.15 Å².